The molecule has 1 amide bonds. The van der Waals surface area contributed by atoms with Crippen molar-refractivity contribution in [1.82, 2.24) is 19.9 Å². The maximum atomic E-state index is 12.9. The molecule has 1 aromatic heterocycles. The zero-order valence-electron chi connectivity index (χ0n) is 14.7. The van der Waals surface area contributed by atoms with Crippen LogP contribution >= 0.6 is 0 Å². The van der Waals surface area contributed by atoms with Gasteiger partial charge in [-0.3, -0.25) is 4.79 Å². The smallest absolute Gasteiger partial charge is 0.276 e. The molecule has 0 radical (unpaired) electrons. The molecule has 0 spiro atoms. The lowest BCUT2D eigenvalue weighted by molar-refractivity contribution is 0.0683. The minimum Gasteiger partial charge on any atom is -0.330 e. The lowest BCUT2D eigenvalue weighted by Gasteiger charge is -2.26. The molecule has 0 atom stereocenters. The van der Waals surface area contributed by atoms with Crippen LogP contribution in [0.25, 0.3) is 5.69 Å². The summed E-state index contributed by atoms with van der Waals surface area (Å²) < 4.78 is 0. The Bertz CT molecular complexity index is 923. The number of hydrogen-bond acceptors (Lipinski definition) is 4. The van der Waals surface area contributed by atoms with E-state index in [4.69, 9.17) is 5.26 Å². The van der Waals surface area contributed by atoms with Crippen molar-refractivity contribution in [3.63, 3.8) is 0 Å². The average molecular weight is 345 g/mol. The summed E-state index contributed by atoms with van der Waals surface area (Å²) >= 11 is 0. The summed E-state index contributed by atoms with van der Waals surface area (Å²) in [7, 11) is 0. The molecule has 3 aromatic rings. The van der Waals surface area contributed by atoms with Crippen molar-refractivity contribution in [3.05, 3.63) is 77.6 Å². The molecular formula is C20H19N5O. The van der Waals surface area contributed by atoms with Crippen molar-refractivity contribution in [2.75, 3.05) is 0 Å². The van der Waals surface area contributed by atoms with Crippen LogP contribution in [0.15, 0.2) is 60.8 Å². The molecule has 0 bridgehead atoms. The highest BCUT2D eigenvalue weighted by atomic mass is 16.2. The van der Waals surface area contributed by atoms with Gasteiger partial charge in [-0.2, -0.15) is 15.2 Å². The van der Waals surface area contributed by atoms with Gasteiger partial charge in [-0.15, -0.1) is 5.10 Å². The number of aromatic nitrogens is 3. The van der Waals surface area contributed by atoms with E-state index in [-0.39, 0.29) is 11.9 Å². The number of hydrogen-bond donors (Lipinski definition) is 0. The zero-order chi connectivity index (χ0) is 18.5. The van der Waals surface area contributed by atoms with Gasteiger partial charge in [-0.25, -0.2) is 0 Å². The zero-order valence-corrected chi connectivity index (χ0v) is 14.7. The molecule has 0 saturated heterocycles. The summed E-state index contributed by atoms with van der Waals surface area (Å²) in [6.45, 7) is 4.37. The fourth-order valence-corrected chi connectivity index (χ4v) is 2.56. The van der Waals surface area contributed by atoms with E-state index >= 15 is 0 Å². The Kier molecular flexibility index (Phi) is 5.09. The van der Waals surface area contributed by atoms with Gasteiger partial charge in [-0.05, 0) is 43.7 Å². The van der Waals surface area contributed by atoms with E-state index in [0.29, 0.717) is 17.8 Å². The number of nitrogens with zero attached hydrogens (tertiary/aromatic N) is 5. The van der Waals surface area contributed by atoms with Gasteiger partial charge < -0.3 is 4.90 Å². The van der Waals surface area contributed by atoms with Gasteiger partial charge in [0.25, 0.3) is 5.91 Å². The van der Waals surface area contributed by atoms with Crippen LogP contribution in [-0.4, -0.2) is 31.8 Å². The first-order valence-corrected chi connectivity index (χ1v) is 8.36. The molecule has 0 saturated carbocycles. The molecule has 26 heavy (non-hydrogen) atoms. The lowest BCUT2D eigenvalue weighted by atomic mass is 10.1. The monoisotopic (exact) mass is 345 g/mol. The fourth-order valence-electron chi connectivity index (χ4n) is 2.56. The van der Waals surface area contributed by atoms with Gasteiger partial charge in [-0.1, -0.05) is 30.3 Å². The van der Waals surface area contributed by atoms with E-state index in [1.807, 2.05) is 56.3 Å². The maximum Gasteiger partial charge on any atom is 0.276 e. The first kappa shape index (κ1) is 17.4. The van der Waals surface area contributed by atoms with Crippen LogP contribution in [0.3, 0.4) is 0 Å². The molecule has 130 valence electrons. The SMILES string of the molecule is CC(C)N(Cc1ccc(C#N)cc1)C(=O)c1cnn(-c2ccccc2)n1. The number of carbonyl (C=O) groups excluding carboxylic acids is 1. The number of rotatable bonds is 5. The standard InChI is InChI=1S/C20H19N5O/c1-15(2)24(14-17-10-8-16(12-21)9-11-17)20(26)19-13-22-25(23-19)18-6-4-3-5-7-18/h3-11,13,15H,14H2,1-2H3. The highest BCUT2D eigenvalue weighted by Crippen LogP contribution is 2.14. The summed E-state index contributed by atoms with van der Waals surface area (Å²) in [6, 6.07) is 18.8. The Balaban J connectivity index is 1.81. The Morgan fingerprint density at radius 1 is 1.15 bits per heavy atom. The Morgan fingerprint density at radius 3 is 2.46 bits per heavy atom. The van der Waals surface area contributed by atoms with Crippen LogP contribution in [0.2, 0.25) is 0 Å². The summed E-state index contributed by atoms with van der Waals surface area (Å²) in [4.78, 5) is 16.1. The molecule has 6 heteroatoms. The van der Waals surface area contributed by atoms with E-state index in [9.17, 15) is 4.79 Å². The molecule has 0 aliphatic rings. The molecule has 0 fully saturated rings. The summed E-state index contributed by atoms with van der Waals surface area (Å²) in [6.07, 6.45) is 1.49. The Morgan fingerprint density at radius 2 is 1.85 bits per heavy atom. The maximum absolute atomic E-state index is 12.9. The molecule has 1 heterocycles. The molecule has 2 aromatic carbocycles. The highest BCUT2D eigenvalue weighted by Gasteiger charge is 2.22. The van der Waals surface area contributed by atoms with E-state index in [0.717, 1.165) is 11.3 Å². The van der Waals surface area contributed by atoms with Gasteiger partial charge in [0.05, 0.1) is 23.5 Å². The normalized spacial score (nSPS) is 10.5. The predicted octanol–water partition coefficient (Wildman–Crippen LogP) is 3.19. The number of amides is 1. The van der Waals surface area contributed by atoms with Crippen molar-refractivity contribution >= 4 is 5.91 Å². The lowest BCUT2D eigenvalue weighted by Crippen LogP contribution is -2.36. The second-order valence-corrected chi connectivity index (χ2v) is 6.19. The van der Waals surface area contributed by atoms with Crippen molar-refractivity contribution < 1.29 is 4.79 Å². The van der Waals surface area contributed by atoms with Crippen LogP contribution in [0.5, 0.6) is 0 Å². The van der Waals surface area contributed by atoms with E-state index in [1.54, 1.807) is 17.0 Å². The number of carbonyl (C=O) groups is 1. The van der Waals surface area contributed by atoms with Crippen molar-refractivity contribution in [2.24, 2.45) is 0 Å². The van der Waals surface area contributed by atoms with Gasteiger partial charge in [0.2, 0.25) is 0 Å². The largest absolute Gasteiger partial charge is 0.330 e. The predicted molar refractivity (Wildman–Crippen MR) is 97.5 cm³/mol. The summed E-state index contributed by atoms with van der Waals surface area (Å²) in [5.74, 6) is -0.174. The minimum absolute atomic E-state index is 0.0000172. The summed E-state index contributed by atoms with van der Waals surface area (Å²) in [5.41, 5.74) is 2.66. The van der Waals surface area contributed by atoms with E-state index in [2.05, 4.69) is 16.3 Å². The van der Waals surface area contributed by atoms with E-state index in [1.165, 1.54) is 11.0 Å². The van der Waals surface area contributed by atoms with Crippen LogP contribution in [-0.2, 0) is 6.54 Å². The Labute approximate surface area is 152 Å². The fraction of sp³-hybridized carbons (Fsp3) is 0.200. The van der Waals surface area contributed by atoms with Gasteiger partial charge >= 0.3 is 0 Å². The van der Waals surface area contributed by atoms with Crippen LogP contribution < -0.4 is 0 Å². The minimum atomic E-state index is -0.174. The molecular weight excluding hydrogens is 326 g/mol. The third-order valence-corrected chi connectivity index (χ3v) is 4.02. The average Bonchev–Trinajstić information content (AvgIpc) is 3.17. The van der Waals surface area contributed by atoms with Crippen LogP contribution in [0.4, 0.5) is 0 Å². The first-order chi connectivity index (χ1) is 12.6. The number of para-hydroxylation sites is 1. The molecule has 6 nitrogen and oxygen atoms in total. The number of benzene rings is 2. The van der Waals surface area contributed by atoms with Crippen LogP contribution in [0.1, 0.15) is 35.5 Å². The van der Waals surface area contributed by atoms with Gasteiger partial charge in [0.1, 0.15) is 0 Å². The third-order valence-electron chi connectivity index (χ3n) is 4.02. The molecule has 0 aliphatic carbocycles. The summed E-state index contributed by atoms with van der Waals surface area (Å²) in [5, 5.41) is 17.4. The highest BCUT2D eigenvalue weighted by molar-refractivity contribution is 5.92. The third kappa shape index (κ3) is 3.78. The van der Waals surface area contributed by atoms with Gasteiger partial charge in [0.15, 0.2) is 5.69 Å². The van der Waals surface area contributed by atoms with E-state index < -0.39 is 0 Å². The number of nitriles is 1. The van der Waals surface area contributed by atoms with Crippen molar-refractivity contribution in [3.8, 4) is 11.8 Å². The molecule has 0 unspecified atom stereocenters. The first-order valence-electron chi connectivity index (χ1n) is 8.36. The van der Waals surface area contributed by atoms with Crippen molar-refractivity contribution in [2.45, 2.75) is 26.4 Å². The van der Waals surface area contributed by atoms with Crippen molar-refractivity contribution in [1.29, 1.82) is 5.26 Å². The molecule has 3 rings (SSSR count). The Hall–Kier alpha value is -3.46. The van der Waals surface area contributed by atoms with Gasteiger partial charge in [0, 0.05) is 12.6 Å². The quantitative estimate of drug-likeness (QED) is 0.712. The topological polar surface area (TPSA) is 74.8 Å². The van der Waals surface area contributed by atoms with Crippen LogP contribution in [0, 0.1) is 11.3 Å². The second kappa shape index (κ2) is 7.62. The second-order valence-electron chi connectivity index (χ2n) is 6.19. The molecule has 0 N–H and O–H groups in total. The molecule has 0 aliphatic heterocycles.